The first-order valence-electron chi connectivity index (χ1n) is 11.5. The van der Waals surface area contributed by atoms with Crippen LogP contribution in [-0.2, 0) is 11.2 Å². The summed E-state index contributed by atoms with van der Waals surface area (Å²) >= 11 is 0. The van der Waals surface area contributed by atoms with Crippen LogP contribution in [0.2, 0.25) is 0 Å². The van der Waals surface area contributed by atoms with E-state index in [4.69, 9.17) is 9.47 Å². The minimum atomic E-state index is -0.263. The second kappa shape index (κ2) is 9.35. The molecular formula is C26H28FN3O3. The normalized spacial score (nSPS) is 16.8. The molecule has 6 nitrogen and oxygen atoms in total. The lowest BCUT2D eigenvalue weighted by molar-refractivity contribution is -0.118. The van der Waals surface area contributed by atoms with Crippen molar-refractivity contribution in [2.24, 2.45) is 5.92 Å². The second-order valence-electron chi connectivity index (χ2n) is 8.89. The zero-order valence-corrected chi connectivity index (χ0v) is 18.8. The van der Waals surface area contributed by atoms with E-state index in [0.717, 1.165) is 54.8 Å². The first-order valence-corrected chi connectivity index (χ1v) is 11.5. The highest BCUT2D eigenvalue weighted by molar-refractivity contribution is 5.95. The van der Waals surface area contributed by atoms with Gasteiger partial charge >= 0.3 is 0 Å². The highest BCUT2D eigenvalue weighted by Gasteiger charge is 2.23. The van der Waals surface area contributed by atoms with E-state index in [1.54, 1.807) is 6.07 Å². The van der Waals surface area contributed by atoms with Crippen molar-refractivity contribution in [2.75, 3.05) is 38.2 Å². The summed E-state index contributed by atoms with van der Waals surface area (Å²) in [6.07, 6.45) is 2.69. The van der Waals surface area contributed by atoms with Crippen molar-refractivity contribution in [1.29, 1.82) is 0 Å². The summed E-state index contributed by atoms with van der Waals surface area (Å²) in [5.41, 5.74) is 3.15. The number of likely N-dealkylation sites (tertiary alicyclic amines) is 1. The summed E-state index contributed by atoms with van der Waals surface area (Å²) in [5.74, 6) is 1.23. The van der Waals surface area contributed by atoms with Crippen LogP contribution >= 0.6 is 0 Å². The average molecular weight is 450 g/mol. The molecule has 0 bridgehead atoms. The number of hydrogen-bond acceptors (Lipinski definition) is 5. The molecule has 1 fully saturated rings. The SMILES string of the molecule is Cc1ccc2c(OCCN3CCC(Cc4cc5c(cc4F)OCC(=O)N5)CC3)cccc2n1. The molecule has 0 saturated carbocycles. The number of ether oxygens (including phenoxy) is 2. The number of pyridine rings is 1. The third kappa shape index (κ3) is 4.93. The van der Waals surface area contributed by atoms with Gasteiger partial charge in [-0.15, -0.1) is 0 Å². The Balaban J connectivity index is 1.12. The zero-order chi connectivity index (χ0) is 22.8. The summed E-state index contributed by atoms with van der Waals surface area (Å²) in [6, 6.07) is 13.2. The molecule has 1 N–H and O–H groups in total. The van der Waals surface area contributed by atoms with Gasteiger partial charge in [-0.1, -0.05) is 6.07 Å². The highest BCUT2D eigenvalue weighted by Crippen LogP contribution is 2.33. The molecule has 0 spiro atoms. The maximum Gasteiger partial charge on any atom is 0.262 e. The number of aromatic nitrogens is 1. The third-order valence-electron chi connectivity index (χ3n) is 6.49. The number of hydrogen-bond donors (Lipinski definition) is 1. The molecule has 2 aliphatic heterocycles. The van der Waals surface area contributed by atoms with Crippen LogP contribution in [0.5, 0.6) is 11.5 Å². The Bertz CT molecular complexity index is 1170. The molecule has 1 saturated heterocycles. The molecule has 2 aromatic carbocycles. The standard InChI is InChI=1S/C26H28FN3O3/c1-17-5-6-20-22(28-17)3-2-4-24(20)32-12-11-30-9-7-18(8-10-30)13-19-14-23-25(15-21(19)27)33-16-26(31)29-23/h2-6,14-15,18H,7-13,16H2,1H3,(H,29,31). The number of fused-ring (bicyclic) bond motifs is 2. The van der Waals surface area contributed by atoms with E-state index in [2.05, 4.69) is 21.3 Å². The zero-order valence-electron chi connectivity index (χ0n) is 18.8. The quantitative estimate of drug-likeness (QED) is 0.606. The van der Waals surface area contributed by atoms with Crippen LogP contribution in [0.1, 0.15) is 24.1 Å². The molecular weight excluding hydrogens is 421 g/mol. The number of halogens is 1. The molecule has 172 valence electrons. The summed E-state index contributed by atoms with van der Waals surface area (Å²) in [5, 5.41) is 3.80. The Morgan fingerprint density at radius 3 is 2.91 bits per heavy atom. The molecule has 33 heavy (non-hydrogen) atoms. The minimum Gasteiger partial charge on any atom is -0.492 e. The van der Waals surface area contributed by atoms with E-state index in [-0.39, 0.29) is 18.3 Å². The van der Waals surface area contributed by atoms with Gasteiger partial charge in [0.1, 0.15) is 23.9 Å². The number of benzene rings is 2. The van der Waals surface area contributed by atoms with Gasteiger partial charge in [-0.05, 0) is 81.1 Å². The van der Waals surface area contributed by atoms with E-state index in [0.29, 0.717) is 35.9 Å². The Morgan fingerprint density at radius 2 is 2.06 bits per heavy atom. The van der Waals surface area contributed by atoms with Gasteiger partial charge in [-0.2, -0.15) is 0 Å². The Kier molecular flexibility index (Phi) is 6.13. The lowest BCUT2D eigenvalue weighted by Gasteiger charge is -2.32. The Hall–Kier alpha value is -3.19. The van der Waals surface area contributed by atoms with Gasteiger partial charge in [-0.25, -0.2) is 4.39 Å². The maximum atomic E-state index is 14.5. The fourth-order valence-electron chi connectivity index (χ4n) is 4.67. The molecule has 2 aliphatic rings. The summed E-state index contributed by atoms with van der Waals surface area (Å²) in [7, 11) is 0. The van der Waals surface area contributed by atoms with E-state index in [1.165, 1.54) is 6.07 Å². The fraction of sp³-hybridized carbons (Fsp3) is 0.385. The number of rotatable bonds is 6. The number of aryl methyl sites for hydroxylation is 1. The minimum absolute atomic E-state index is 0.0645. The molecule has 3 heterocycles. The number of carbonyl (C=O) groups excluding carboxylic acids is 1. The number of anilines is 1. The van der Waals surface area contributed by atoms with Crippen LogP contribution in [0.25, 0.3) is 10.9 Å². The van der Waals surface area contributed by atoms with Crippen LogP contribution in [0.3, 0.4) is 0 Å². The molecule has 1 amide bonds. The van der Waals surface area contributed by atoms with Crippen molar-refractivity contribution < 1.29 is 18.7 Å². The van der Waals surface area contributed by atoms with Gasteiger partial charge in [0.25, 0.3) is 5.91 Å². The third-order valence-corrected chi connectivity index (χ3v) is 6.49. The molecule has 5 rings (SSSR count). The maximum absolute atomic E-state index is 14.5. The fourth-order valence-corrected chi connectivity index (χ4v) is 4.67. The van der Waals surface area contributed by atoms with Crippen molar-refractivity contribution in [3.05, 3.63) is 59.5 Å². The van der Waals surface area contributed by atoms with Crippen LogP contribution < -0.4 is 14.8 Å². The van der Waals surface area contributed by atoms with Crippen molar-refractivity contribution in [3.63, 3.8) is 0 Å². The predicted molar refractivity (Wildman–Crippen MR) is 125 cm³/mol. The molecule has 3 aromatic rings. The summed E-state index contributed by atoms with van der Waals surface area (Å²) in [4.78, 5) is 18.5. The number of amides is 1. The van der Waals surface area contributed by atoms with Gasteiger partial charge in [0, 0.05) is 23.7 Å². The molecule has 0 unspecified atom stereocenters. The Labute approximate surface area is 192 Å². The topological polar surface area (TPSA) is 63.7 Å². The number of carbonyl (C=O) groups is 1. The van der Waals surface area contributed by atoms with E-state index < -0.39 is 0 Å². The molecule has 7 heteroatoms. The van der Waals surface area contributed by atoms with Crippen LogP contribution in [0.15, 0.2) is 42.5 Å². The van der Waals surface area contributed by atoms with Gasteiger partial charge < -0.3 is 14.8 Å². The monoisotopic (exact) mass is 449 g/mol. The highest BCUT2D eigenvalue weighted by atomic mass is 19.1. The van der Waals surface area contributed by atoms with Crippen LogP contribution in [0.4, 0.5) is 10.1 Å². The number of nitrogens with zero attached hydrogens (tertiary/aromatic N) is 2. The smallest absolute Gasteiger partial charge is 0.262 e. The van der Waals surface area contributed by atoms with Crippen LogP contribution in [-0.4, -0.2) is 48.6 Å². The summed E-state index contributed by atoms with van der Waals surface area (Å²) in [6.45, 7) is 5.34. The first-order chi connectivity index (χ1) is 16.0. The molecule has 0 aliphatic carbocycles. The van der Waals surface area contributed by atoms with E-state index in [1.807, 2.05) is 31.2 Å². The number of nitrogens with one attached hydrogen (secondary N) is 1. The van der Waals surface area contributed by atoms with Gasteiger partial charge in [0.05, 0.1) is 11.2 Å². The first kappa shape index (κ1) is 21.6. The van der Waals surface area contributed by atoms with E-state index in [9.17, 15) is 9.18 Å². The van der Waals surface area contributed by atoms with Gasteiger partial charge in [-0.3, -0.25) is 14.7 Å². The van der Waals surface area contributed by atoms with Crippen LogP contribution in [0, 0.1) is 18.7 Å². The van der Waals surface area contributed by atoms with Crippen molar-refractivity contribution in [1.82, 2.24) is 9.88 Å². The summed E-state index contributed by atoms with van der Waals surface area (Å²) < 4.78 is 25.9. The number of piperidine rings is 1. The van der Waals surface area contributed by atoms with Crippen molar-refractivity contribution >= 4 is 22.5 Å². The van der Waals surface area contributed by atoms with Gasteiger partial charge in [0.15, 0.2) is 6.61 Å². The Morgan fingerprint density at radius 1 is 1.21 bits per heavy atom. The molecule has 0 atom stereocenters. The lowest BCUT2D eigenvalue weighted by atomic mass is 9.89. The van der Waals surface area contributed by atoms with Gasteiger partial charge in [0.2, 0.25) is 0 Å². The average Bonchev–Trinajstić information content (AvgIpc) is 2.81. The van der Waals surface area contributed by atoms with E-state index >= 15 is 0 Å². The molecule has 0 radical (unpaired) electrons. The van der Waals surface area contributed by atoms with Crippen molar-refractivity contribution in [3.8, 4) is 11.5 Å². The lowest BCUT2D eigenvalue weighted by Crippen LogP contribution is -2.37. The largest absolute Gasteiger partial charge is 0.492 e. The predicted octanol–water partition coefficient (Wildman–Crippen LogP) is 4.35. The molecule has 1 aromatic heterocycles. The second-order valence-corrected chi connectivity index (χ2v) is 8.89. The van der Waals surface area contributed by atoms with Crippen molar-refractivity contribution in [2.45, 2.75) is 26.2 Å².